The molecule has 0 radical (unpaired) electrons. The van der Waals surface area contributed by atoms with Crippen LogP contribution in [-0.2, 0) is 4.79 Å². The van der Waals surface area contributed by atoms with Crippen LogP contribution >= 0.6 is 0 Å². The third kappa shape index (κ3) is 5.08. The number of amides is 4. The van der Waals surface area contributed by atoms with Gasteiger partial charge in [0.15, 0.2) is 0 Å². The molecule has 4 amide bonds. The van der Waals surface area contributed by atoms with Crippen LogP contribution in [0.4, 0.5) is 27.5 Å². The van der Waals surface area contributed by atoms with Gasteiger partial charge >= 0.3 is 6.03 Å². The van der Waals surface area contributed by atoms with Crippen LogP contribution in [0.1, 0.15) is 23.2 Å². The lowest BCUT2D eigenvalue weighted by Gasteiger charge is -2.15. The molecule has 3 aromatic carbocycles. The Balaban J connectivity index is 1.32. The Bertz CT molecular complexity index is 1080. The molecule has 0 unspecified atom stereocenters. The average molecular weight is 414 g/mol. The first-order valence-electron chi connectivity index (χ1n) is 10.0. The molecule has 31 heavy (non-hydrogen) atoms. The largest absolute Gasteiger partial charge is 0.323 e. The summed E-state index contributed by atoms with van der Waals surface area (Å²) < 4.78 is 0. The lowest BCUT2D eigenvalue weighted by Crippen LogP contribution is -2.23. The monoisotopic (exact) mass is 414 g/mol. The fraction of sp³-hybridized carbons (Fsp3) is 0.125. The third-order valence-electron chi connectivity index (χ3n) is 4.95. The second-order valence-electron chi connectivity index (χ2n) is 7.17. The van der Waals surface area contributed by atoms with Gasteiger partial charge in [-0.3, -0.25) is 9.59 Å². The minimum Gasteiger partial charge on any atom is -0.322 e. The summed E-state index contributed by atoms with van der Waals surface area (Å²) in [6, 6.07) is 22.7. The van der Waals surface area contributed by atoms with Gasteiger partial charge in [0.05, 0.1) is 0 Å². The molecule has 7 heteroatoms. The van der Waals surface area contributed by atoms with Gasteiger partial charge in [0.2, 0.25) is 5.91 Å². The molecule has 4 rings (SSSR count). The first kappa shape index (κ1) is 20.2. The number of hydrogen-bond acceptors (Lipinski definition) is 3. The molecule has 0 saturated carbocycles. The van der Waals surface area contributed by atoms with Crippen molar-refractivity contribution in [1.82, 2.24) is 0 Å². The Morgan fingerprint density at radius 1 is 0.710 bits per heavy atom. The first-order valence-corrected chi connectivity index (χ1v) is 10.0. The summed E-state index contributed by atoms with van der Waals surface area (Å²) in [7, 11) is 0. The third-order valence-corrected chi connectivity index (χ3v) is 4.95. The van der Waals surface area contributed by atoms with Gasteiger partial charge in [-0.25, -0.2) is 4.79 Å². The summed E-state index contributed by atoms with van der Waals surface area (Å²) in [5.74, 6) is -0.134. The zero-order valence-corrected chi connectivity index (χ0v) is 16.8. The molecular formula is C24H22N4O3. The van der Waals surface area contributed by atoms with Gasteiger partial charge < -0.3 is 20.9 Å². The SMILES string of the molecule is O=C(Nc1ccccc1)Nc1ccc(NC(=O)c2ccc(N3CCCC3=O)cc2)cc1. The van der Waals surface area contributed by atoms with Gasteiger partial charge in [-0.2, -0.15) is 0 Å². The molecule has 7 nitrogen and oxygen atoms in total. The van der Waals surface area contributed by atoms with Gasteiger partial charge in [-0.15, -0.1) is 0 Å². The Hall–Kier alpha value is -4.13. The zero-order chi connectivity index (χ0) is 21.6. The lowest BCUT2D eigenvalue weighted by molar-refractivity contribution is -0.117. The van der Waals surface area contributed by atoms with Crippen molar-refractivity contribution in [2.45, 2.75) is 12.8 Å². The molecule has 1 saturated heterocycles. The van der Waals surface area contributed by atoms with Crippen LogP contribution in [0.25, 0.3) is 0 Å². The minimum absolute atomic E-state index is 0.114. The molecule has 3 N–H and O–H groups in total. The van der Waals surface area contributed by atoms with Crippen LogP contribution in [0.3, 0.4) is 0 Å². The second kappa shape index (κ2) is 9.13. The molecule has 0 bridgehead atoms. The predicted molar refractivity (Wildman–Crippen MR) is 122 cm³/mol. The van der Waals surface area contributed by atoms with Crippen molar-refractivity contribution in [2.24, 2.45) is 0 Å². The quantitative estimate of drug-likeness (QED) is 0.565. The van der Waals surface area contributed by atoms with Crippen molar-refractivity contribution in [3.8, 4) is 0 Å². The highest BCUT2D eigenvalue weighted by atomic mass is 16.2. The first-order chi connectivity index (χ1) is 15.1. The molecule has 156 valence electrons. The van der Waals surface area contributed by atoms with E-state index in [-0.39, 0.29) is 17.8 Å². The fourth-order valence-electron chi connectivity index (χ4n) is 3.37. The highest BCUT2D eigenvalue weighted by Crippen LogP contribution is 2.22. The molecule has 1 heterocycles. The van der Waals surface area contributed by atoms with Crippen LogP contribution in [0.2, 0.25) is 0 Å². The standard InChI is InChI=1S/C24H22N4O3/c29-22-7-4-16-28(22)21-14-8-17(9-15-21)23(30)25-19-10-12-20(13-11-19)27-24(31)26-18-5-2-1-3-6-18/h1-3,5-6,8-15H,4,7,16H2,(H,25,30)(H2,26,27,31). The molecule has 0 atom stereocenters. The fourth-order valence-corrected chi connectivity index (χ4v) is 3.37. The summed E-state index contributed by atoms with van der Waals surface area (Å²) in [5.41, 5.74) is 3.22. The molecule has 3 aromatic rings. The predicted octanol–water partition coefficient (Wildman–Crippen LogP) is 4.71. The van der Waals surface area contributed by atoms with Crippen LogP contribution < -0.4 is 20.9 Å². The average Bonchev–Trinajstić information content (AvgIpc) is 3.21. The van der Waals surface area contributed by atoms with Crippen molar-refractivity contribution in [2.75, 3.05) is 27.4 Å². The van der Waals surface area contributed by atoms with E-state index in [1.54, 1.807) is 65.6 Å². The van der Waals surface area contributed by atoms with E-state index in [0.717, 1.165) is 12.1 Å². The minimum atomic E-state index is -0.348. The Labute approximate surface area is 180 Å². The zero-order valence-electron chi connectivity index (χ0n) is 16.8. The molecular weight excluding hydrogens is 392 g/mol. The number of nitrogens with zero attached hydrogens (tertiary/aromatic N) is 1. The van der Waals surface area contributed by atoms with Gasteiger partial charge in [0, 0.05) is 41.3 Å². The summed E-state index contributed by atoms with van der Waals surface area (Å²) in [4.78, 5) is 38.1. The Morgan fingerprint density at radius 3 is 1.87 bits per heavy atom. The van der Waals surface area contributed by atoms with Crippen LogP contribution in [0, 0.1) is 0 Å². The van der Waals surface area contributed by atoms with Gasteiger partial charge in [0.1, 0.15) is 0 Å². The highest BCUT2D eigenvalue weighted by Gasteiger charge is 2.21. The van der Waals surface area contributed by atoms with Crippen molar-refractivity contribution in [3.63, 3.8) is 0 Å². The van der Waals surface area contributed by atoms with E-state index in [9.17, 15) is 14.4 Å². The van der Waals surface area contributed by atoms with Crippen LogP contribution in [-0.4, -0.2) is 24.4 Å². The number of para-hydroxylation sites is 1. The number of rotatable bonds is 5. The maximum Gasteiger partial charge on any atom is 0.323 e. The van der Waals surface area contributed by atoms with E-state index in [1.165, 1.54) is 0 Å². The topological polar surface area (TPSA) is 90.5 Å². The van der Waals surface area contributed by atoms with Crippen molar-refractivity contribution >= 4 is 40.6 Å². The second-order valence-corrected chi connectivity index (χ2v) is 7.17. The maximum atomic E-state index is 12.5. The van der Waals surface area contributed by atoms with E-state index in [4.69, 9.17) is 0 Å². The summed E-state index contributed by atoms with van der Waals surface area (Å²) in [5, 5.41) is 8.31. The number of carbonyl (C=O) groups excluding carboxylic acids is 3. The van der Waals surface area contributed by atoms with E-state index in [1.807, 2.05) is 18.2 Å². The Kier molecular flexibility index (Phi) is 5.93. The van der Waals surface area contributed by atoms with E-state index >= 15 is 0 Å². The van der Waals surface area contributed by atoms with Crippen molar-refractivity contribution in [3.05, 3.63) is 84.4 Å². The van der Waals surface area contributed by atoms with Gasteiger partial charge in [-0.1, -0.05) is 18.2 Å². The number of carbonyl (C=O) groups is 3. The molecule has 0 spiro atoms. The van der Waals surface area contributed by atoms with Crippen LogP contribution in [0.15, 0.2) is 78.9 Å². The molecule has 0 aliphatic carbocycles. The molecule has 0 aromatic heterocycles. The summed E-state index contributed by atoms with van der Waals surface area (Å²) in [6.07, 6.45) is 1.43. The maximum absolute atomic E-state index is 12.5. The number of nitrogens with one attached hydrogen (secondary N) is 3. The number of hydrogen-bond donors (Lipinski definition) is 3. The van der Waals surface area contributed by atoms with E-state index in [2.05, 4.69) is 16.0 Å². The van der Waals surface area contributed by atoms with Crippen molar-refractivity contribution in [1.29, 1.82) is 0 Å². The van der Waals surface area contributed by atoms with Crippen LogP contribution in [0.5, 0.6) is 0 Å². The van der Waals surface area contributed by atoms with E-state index in [0.29, 0.717) is 35.6 Å². The van der Waals surface area contributed by atoms with Gasteiger partial charge in [0.25, 0.3) is 5.91 Å². The summed E-state index contributed by atoms with van der Waals surface area (Å²) >= 11 is 0. The highest BCUT2D eigenvalue weighted by molar-refractivity contribution is 6.05. The number of urea groups is 1. The number of anilines is 4. The summed E-state index contributed by atoms with van der Waals surface area (Å²) in [6.45, 7) is 0.716. The van der Waals surface area contributed by atoms with E-state index < -0.39 is 0 Å². The Morgan fingerprint density at radius 2 is 1.29 bits per heavy atom. The molecule has 1 aliphatic rings. The smallest absolute Gasteiger partial charge is 0.322 e. The van der Waals surface area contributed by atoms with Gasteiger partial charge in [-0.05, 0) is 67.1 Å². The van der Waals surface area contributed by atoms with Crippen molar-refractivity contribution < 1.29 is 14.4 Å². The molecule has 1 aliphatic heterocycles. The lowest BCUT2D eigenvalue weighted by atomic mass is 10.1. The normalized spacial score (nSPS) is 13.0. The number of benzene rings is 3. The molecule has 1 fully saturated rings.